The average molecular weight is 423 g/mol. The number of benzene rings is 1. The number of hydrogen-bond donors (Lipinski definition) is 1. The summed E-state index contributed by atoms with van der Waals surface area (Å²) in [5, 5.41) is 19.5. The average Bonchev–Trinajstić information content (AvgIpc) is 3.18. The van der Waals surface area contributed by atoms with Gasteiger partial charge in [-0.25, -0.2) is 9.37 Å². The van der Waals surface area contributed by atoms with Crippen LogP contribution >= 0.6 is 0 Å². The number of phenols is 1. The van der Waals surface area contributed by atoms with Gasteiger partial charge >= 0.3 is 0 Å². The van der Waals surface area contributed by atoms with Gasteiger partial charge in [-0.15, -0.1) is 10.2 Å². The lowest BCUT2D eigenvalue weighted by Gasteiger charge is -2.38. The van der Waals surface area contributed by atoms with E-state index in [1.54, 1.807) is 32.2 Å². The van der Waals surface area contributed by atoms with Gasteiger partial charge in [0, 0.05) is 19.7 Å². The van der Waals surface area contributed by atoms with Gasteiger partial charge in [-0.05, 0) is 68.7 Å². The van der Waals surface area contributed by atoms with Gasteiger partial charge in [-0.3, -0.25) is 9.36 Å². The van der Waals surface area contributed by atoms with Gasteiger partial charge in [0.25, 0.3) is 5.56 Å². The maximum Gasteiger partial charge on any atom is 0.261 e. The number of aromatic nitrogens is 4. The molecule has 0 aliphatic heterocycles. The van der Waals surface area contributed by atoms with E-state index in [4.69, 9.17) is 0 Å². The molecule has 2 aliphatic carbocycles. The quantitative estimate of drug-likeness (QED) is 0.695. The summed E-state index contributed by atoms with van der Waals surface area (Å²) in [6.07, 6.45) is 3.12. The largest absolute Gasteiger partial charge is 0.507 e. The van der Waals surface area contributed by atoms with Crippen molar-refractivity contribution in [3.05, 3.63) is 40.4 Å². The topological polar surface area (TPSA) is 84.1 Å². The van der Waals surface area contributed by atoms with Crippen LogP contribution in [0, 0.1) is 18.8 Å². The molecule has 2 fully saturated rings. The predicted molar refractivity (Wildman–Crippen MR) is 117 cm³/mol. The Labute approximate surface area is 179 Å². The third kappa shape index (κ3) is 3.25. The van der Waals surface area contributed by atoms with Crippen molar-refractivity contribution in [2.75, 3.05) is 11.9 Å². The standard InChI is InChI=1S/C23H26FN5O2/c1-12-25-18-10-15(20(30)11-16(18)23(31)28(12)2)17-6-7-21(27-26-17)29(3)19-9-13-4-5-14(8-13)22(19)24/h6-7,10-11,13-14,19,22,30H,4-5,8-9H2,1-3H3/t13-,14+,19+,22-/m1/s1. The second-order valence-corrected chi connectivity index (χ2v) is 8.98. The first-order chi connectivity index (χ1) is 14.8. The van der Waals surface area contributed by atoms with E-state index in [1.807, 2.05) is 11.9 Å². The molecule has 0 unspecified atom stereocenters. The molecule has 7 nitrogen and oxygen atoms in total. The van der Waals surface area contributed by atoms with Gasteiger partial charge in [0.15, 0.2) is 5.82 Å². The zero-order valence-corrected chi connectivity index (χ0v) is 17.9. The van der Waals surface area contributed by atoms with E-state index in [1.165, 1.54) is 10.6 Å². The lowest BCUT2D eigenvalue weighted by Crippen LogP contribution is -2.46. The zero-order valence-electron chi connectivity index (χ0n) is 17.9. The molecule has 0 radical (unpaired) electrons. The predicted octanol–water partition coefficient (Wildman–Crippen LogP) is 3.37. The van der Waals surface area contributed by atoms with Crippen LogP contribution in [0.3, 0.4) is 0 Å². The van der Waals surface area contributed by atoms with E-state index in [2.05, 4.69) is 15.2 Å². The highest BCUT2D eigenvalue weighted by Gasteiger charge is 2.44. The number of aromatic hydroxyl groups is 1. The van der Waals surface area contributed by atoms with Crippen LogP contribution in [0.1, 0.15) is 31.5 Å². The van der Waals surface area contributed by atoms with E-state index < -0.39 is 6.17 Å². The molecule has 1 aromatic carbocycles. The Morgan fingerprint density at radius 3 is 2.74 bits per heavy atom. The summed E-state index contributed by atoms with van der Waals surface area (Å²) in [5.41, 5.74) is 1.20. The molecule has 0 amide bonds. The van der Waals surface area contributed by atoms with E-state index >= 15 is 0 Å². The van der Waals surface area contributed by atoms with Crippen molar-refractivity contribution in [1.82, 2.24) is 19.7 Å². The molecule has 5 rings (SSSR count). The maximum absolute atomic E-state index is 15.0. The van der Waals surface area contributed by atoms with Crippen molar-refractivity contribution in [3.63, 3.8) is 0 Å². The number of anilines is 1. The van der Waals surface area contributed by atoms with Crippen LogP contribution < -0.4 is 10.5 Å². The first-order valence-corrected chi connectivity index (χ1v) is 10.7. The number of alkyl halides is 1. The van der Waals surface area contributed by atoms with Crippen LogP contribution in [-0.4, -0.2) is 44.1 Å². The van der Waals surface area contributed by atoms with Gasteiger partial charge < -0.3 is 10.0 Å². The van der Waals surface area contributed by atoms with Crippen molar-refractivity contribution in [3.8, 4) is 17.0 Å². The molecule has 2 bridgehead atoms. The van der Waals surface area contributed by atoms with Gasteiger partial charge in [0.1, 0.15) is 17.7 Å². The number of nitrogens with zero attached hydrogens (tertiary/aromatic N) is 5. The molecule has 3 aromatic rings. The fourth-order valence-electron chi connectivity index (χ4n) is 5.22. The molecule has 2 saturated carbocycles. The molecule has 31 heavy (non-hydrogen) atoms. The van der Waals surface area contributed by atoms with Crippen molar-refractivity contribution in [2.24, 2.45) is 18.9 Å². The minimum Gasteiger partial charge on any atom is -0.507 e. The summed E-state index contributed by atoms with van der Waals surface area (Å²) in [5.74, 6) is 1.91. The molecule has 8 heteroatoms. The third-order valence-electron chi connectivity index (χ3n) is 7.18. The molecule has 4 atom stereocenters. The summed E-state index contributed by atoms with van der Waals surface area (Å²) < 4.78 is 16.4. The molecule has 2 aromatic heterocycles. The minimum atomic E-state index is -0.841. The number of halogens is 1. The number of hydrogen-bond acceptors (Lipinski definition) is 6. The Morgan fingerprint density at radius 1 is 1.19 bits per heavy atom. The monoisotopic (exact) mass is 423 g/mol. The Balaban J connectivity index is 1.46. The summed E-state index contributed by atoms with van der Waals surface area (Å²) in [6.45, 7) is 1.76. The highest BCUT2D eigenvalue weighted by Crippen LogP contribution is 2.45. The van der Waals surface area contributed by atoms with Crippen LogP contribution in [0.25, 0.3) is 22.2 Å². The zero-order chi connectivity index (χ0) is 21.9. The van der Waals surface area contributed by atoms with Crippen LogP contribution in [0.4, 0.5) is 10.2 Å². The lowest BCUT2D eigenvalue weighted by atomic mass is 9.83. The van der Waals surface area contributed by atoms with Gasteiger partial charge in [-0.1, -0.05) is 0 Å². The first kappa shape index (κ1) is 19.9. The molecule has 2 heterocycles. The Bertz CT molecular complexity index is 1210. The van der Waals surface area contributed by atoms with Gasteiger partial charge in [-0.2, -0.15) is 0 Å². The summed E-state index contributed by atoms with van der Waals surface area (Å²) in [6, 6.07) is 6.47. The molecule has 1 N–H and O–H groups in total. The normalized spacial score (nSPS) is 25.2. The molecular formula is C23H26FN5O2. The number of aryl methyl sites for hydroxylation is 1. The Morgan fingerprint density at radius 2 is 2.00 bits per heavy atom. The van der Waals surface area contributed by atoms with E-state index in [9.17, 15) is 14.3 Å². The Kier molecular flexibility index (Phi) is 4.68. The summed E-state index contributed by atoms with van der Waals surface area (Å²) in [4.78, 5) is 18.8. The van der Waals surface area contributed by atoms with Crippen molar-refractivity contribution < 1.29 is 9.50 Å². The number of rotatable bonds is 3. The van der Waals surface area contributed by atoms with E-state index in [0.717, 1.165) is 25.7 Å². The lowest BCUT2D eigenvalue weighted by molar-refractivity contribution is 0.144. The fraction of sp³-hybridized carbons (Fsp3) is 0.478. The molecule has 0 spiro atoms. The molecule has 2 aliphatic rings. The summed E-state index contributed by atoms with van der Waals surface area (Å²) >= 11 is 0. The van der Waals surface area contributed by atoms with Crippen molar-refractivity contribution in [1.29, 1.82) is 0 Å². The van der Waals surface area contributed by atoms with Crippen LogP contribution in [-0.2, 0) is 7.05 Å². The Hall–Kier alpha value is -3.03. The molecule has 162 valence electrons. The maximum atomic E-state index is 15.0. The second-order valence-electron chi connectivity index (χ2n) is 8.98. The number of fused-ring (bicyclic) bond motifs is 3. The van der Waals surface area contributed by atoms with Gasteiger partial charge in [0.2, 0.25) is 0 Å². The van der Waals surface area contributed by atoms with Gasteiger partial charge in [0.05, 0.1) is 22.6 Å². The molecule has 0 saturated heterocycles. The smallest absolute Gasteiger partial charge is 0.261 e. The minimum absolute atomic E-state index is 0.0571. The van der Waals surface area contributed by atoms with Crippen LogP contribution in [0.5, 0.6) is 5.75 Å². The first-order valence-electron chi connectivity index (χ1n) is 10.7. The number of phenolic OH excluding ortho intramolecular Hbond substituents is 1. The van der Waals surface area contributed by atoms with Crippen LogP contribution in [0.2, 0.25) is 0 Å². The molecular weight excluding hydrogens is 397 g/mol. The second kappa shape index (κ2) is 7.28. The summed E-state index contributed by atoms with van der Waals surface area (Å²) in [7, 11) is 3.52. The van der Waals surface area contributed by atoms with E-state index in [-0.39, 0.29) is 23.3 Å². The van der Waals surface area contributed by atoms with E-state index in [0.29, 0.717) is 39.7 Å². The van der Waals surface area contributed by atoms with Crippen molar-refractivity contribution in [2.45, 2.75) is 44.8 Å². The highest BCUT2D eigenvalue weighted by atomic mass is 19.1. The highest BCUT2D eigenvalue weighted by molar-refractivity contribution is 5.86. The SMILES string of the molecule is Cc1nc2cc(-c3ccc(N(C)[C@H]4C[C@@H]5CC[C@@H](C5)[C@H]4F)nn3)c(O)cc2c(=O)n1C. The fourth-order valence-corrected chi connectivity index (χ4v) is 5.22. The third-order valence-corrected chi connectivity index (χ3v) is 7.18. The van der Waals surface area contributed by atoms with Crippen molar-refractivity contribution >= 4 is 16.7 Å². The van der Waals surface area contributed by atoms with Crippen LogP contribution in [0.15, 0.2) is 29.1 Å².